The maximum atomic E-state index is 6.09. The summed E-state index contributed by atoms with van der Waals surface area (Å²) < 4.78 is 5.33. The van der Waals surface area contributed by atoms with Crippen molar-refractivity contribution in [3.05, 3.63) is 0 Å². The van der Waals surface area contributed by atoms with Crippen LogP contribution in [-0.2, 0) is 4.74 Å². The molecule has 19 heavy (non-hydrogen) atoms. The molecule has 3 N–H and O–H groups in total. The van der Waals surface area contributed by atoms with E-state index >= 15 is 0 Å². The lowest BCUT2D eigenvalue weighted by atomic mass is 9.76. The Morgan fingerprint density at radius 2 is 2.00 bits per heavy atom. The second-order valence-electron chi connectivity index (χ2n) is 7.41. The minimum Gasteiger partial charge on any atom is -0.380 e. The Hall–Kier alpha value is -0.120. The lowest BCUT2D eigenvalue weighted by molar-refractivity contribution is 0.104. The molecule has 0 aromatic rings. The van der Waals surface area contributed by atoms with Gasteiger partial charge >= 0.3 is 0 Å². The van der Waals surface area contributed by atoms with Crippen LogP contribution in [0.15, 0.2) is 0 Å². The molecule has 3 unspecified atom stereocenters. The third kappa shape index (κ3) is 5.05. The van der Waals surface area contributed by atoms with Gasteiger partial charge in [-0.15, -0.1) is 0 Å². The van der Waals surface area contributed by atoms with E-state index in [9.17, 15) is 0 Å². The van der Waals surface area contributed by atoms with E-state index in [0.717, 1.165) is 19.0 Å². The monoisotopic (exact) mass is 270 g/mol. The van der Waals surface area contributed by atoms with Gasteiger partial charge in [0, 0.05) is 25.7 Å². The molecular formula is C16H34N2O. The predicted molar refractivity (Wildman–Crippen MR) is 82.3 cm³/mol. The number of ether oxygens (including phenoxy) is 1. The molecule has 1 saturated carbocycles. The first-order chi connectivity index (χ1) is 8.83. The Balaban J connectivity index is 2.60. The Morgan fingerprint density at radius 1 is 1.32 bits per heavy atom. The Labute approximate surface area is 119 Å². The summed E-state index contributed by atoms with van der Waals surface area (Å²) in [6.07, 6.45) is 6.56. The summed E-state index contributed by atoms with van der Waals surface area (Å²) in [6.45, 7) is 10.8. The molecule has 1 fully saturated rings. The fraction of sp³-hybridized carbons (Fsp3) is 1.00. The van der Waals surface area contributed by atoms with Crippen LogP contribution in [0.3, 0.4) is 0 Å². The molecule has 0 aromatic carbocycles. The van der Waals surface area contributed by atoms with Gasteiger partial charge in [0.25, 0.3) is 0 Å². The molecule has 3 heteroatoms. The number of hydrogen-bond acceptors (Lipinski definition) is 3. The van der Waals surface area contributed by atoms with Gasteiger partial charge in [-0.3, -0.25) is 0 Å². The highest BCUT2D eigenvalue weighted by Gasteiger charge is 2.35. The highest BCUT2D eigenvalue weighted by atomic mass is 16.5. The molecule has 0 radical (unpaired) electrons. The summed E-state index contributed by atoms with van der Waals surface area (Å²) in [4.78, 5) is 0. The molecule has 0 bridgehead atoms. The molecule has 3 nitrogen and oxygen atoms in total. The molecule has 0 heterocycles. The number of nitrogens with two attached hydrogens (primary N) is 1. The fourth-order valence-electron chi connectivity index (χ4n) is 3.17. The molecule has 3 atom stereocenters. The lowest BCUT2D eigenvalue weighted by Crippen LogP contribution is -2.53. The molecule has 114 valence electrons. The summed E-state index contributed by atoms with van der Waals surface area (Å²) in [5, 5.41) is 3.70. The van der Waals surface area contributed by atoms with Crippen molar-refractivity contribution in [3.8, 4) is 0 Å². The Bertz CT molecular complexity index is 262. The van der Waals surface area contributed by atoms with Crippen LogP contribution in [0.4, 0.5) is 0 Å². The highest BCUT2D eigenvalue weighted by molar-refractivity contribution is 4.94. The first kappa shape index (κ1) is 16.9. The molecule has 0 spiro atoms. The second-order valence-corrected chi connectivity index (χ2v) is 7.41. The molecule has 0 aromatic heterocycles. The van der Waals surface area contributed by atoms with E-state index in [0.29, 0.717) is 5.41 Å². The summed E-state index contributed by atoms with van der Waals surface area (Å²) in [5.74, 6) is 0.822. The van der Waals surface area contributed by atoms with Gasteiger partial charge in [-0.2, -0.15) is 0 Å². The van der Waals surface area contributed by atoms with Crippen molar-refractivity contribution in [2.75, 3.05) is 20.2 Å². The van der Waals surface area contributed by atoms with Crippen molar-refractivity contribution in [3.63, 3.8) is 0 Å². The topological polar surface area (TPSA) is 47.3 Å². The quantitative estimate of drug-likeness (QED) is 0.755. The van der Waals surface area contributed by atoms with Crippen LogP contribution in [0.2, 0.25) is 0 Å². The van der Waals surface area contributed by atoms with Crippen LogP contribution in [0.25, 0.3) is 0 Å². The minimum absolute atomic E-state index is 0.132. The van der Waals surface area contributed by atoms with E-state index in [2.05, 4.69) is 33.0 Å². The predicted octanol–water partition coefficient (Wildman–Crippen LogP) is 2.93. The van der Waals surface area contributed by atoms with Crippen LogP contribution in [0, 0.1) is 11.3 Å². The van der Waals surface area contributed by atoms with Crippen LogP contribution in [0.1, 0.15) is 59.8 Å². The van der Waals surface area contributed by atoms with Gasteiger partial charge in [-0.25, -0.2) is 0 Å². The normalized spacial score (nSPS) is 30.9. The highest BCUT2D eigenvalue weighted by Crippen LogP contribution is 2.39. The van der Waals surface area contributed by atoms with Gasteiger partial charge in [0.2, 0.25) is 0 Å². The van der Waals surface area contributed by atoms with Gasteiger partial charge < -0.3 is 15.8 Å². The summed E-state index contributed by atoms with van der Waals surface area (Å²) in [7, 11) is 1.77. The van der Waals surface area contributed by atoms with Crippen LogP contribution in [-0.4, -0.2) is 31.8 Å². The SMILES string of the molecule is COC(C)CNC1(CN)CCCC(C(C)(C)C)CC1. The number of methoxy groups -OCH3 is 1. The second kappa shape index (κ2) is 7.05. The first-order valence-electron chi connectivity index (χ1n) is 7.81. The molecule has 0 saturated heterocycles. The zero-order valence-electron chi connectivity index (χ0n) is 13.6. The van der Waals surface area contributed by atoms with Crippen molar-refractivity contribution in [1.82, 2.24) is 5.32 Å². The molecule has 0 amide bonds. The maximum Gasteiger partial charge on any atom is 0.0667 e. The maximum absolute atomic E-state index is 6.09. The van der Waals surface area contributed by atoms with Crippen molar-refractivity contribution in [1.29, 1.82) is 0 Å². The van der Waals surface area contributed by atoms with Gasteiger partial charge in [0.1, 0.15) is 0 Å². The van der Waals surface area contributed by atoms with Crippen molar-refractivity contribution in [2.24, 2.45) is 17.1 Å². The van der Waals surface area contributed by atoms with E-state index in [1.807, 2.05) is 0 Å². The minimum atomic E-state index is 0.132. The van der Waals surface area contributed by atoms with Gasteiger partial charge in [-0.05, 0) is 43.9 Å². The van der Waals surface area contributed by atoms with E-state index in [1.54, 1.807) is 7.11 Å². The zero-order chi connectivity index (χ0) is 14.5. The van der Waals surface area contributed by atoms with E-state index in [4.69, 9.17) is 10.5 Å². The van der Waals surface area contributed by atoms with Crippen molar-refractivity contribution in [2.45, 2.75) is 71.4 Å². The molecule has 0 aliphatic heterocycles. The van der Waals surface area contributed by atoms with E-state index in [-0.39, 0.29) is 11.6 Å². The van der Waals surface area contributed by atoms with Crippen molar-refractivity contribution >= 4 is 0 Å². The van der Waals surface area contributed by atoms with Gasteiger partial charge in [0.05, 0.1) is 6.10 Å². The summed E-state index contributed by atoms with van der Waals surface area (Å²) >= 11 is 0. The van der Waals surface area contributed by atoms with Crippen molar-refractivity contribution < 1.29 is 4.74 Å². The van der Waals surface area contributed by atoms with Crippen LogP contribution in [0.5, 0.6) is 0 Å². The molecule has 1 aliphatic rings. The van der Waals surface area contributed by atoms with E-state index < -0.39 is 0 Å². The lowest BCUT2D eigenvalue weighted by Gasteiger charge is -2.35. The number of rotatable bonds is 5. The molecule has 1 aliphatic carbocycles. The summed E-state index contributed by atoms with van der Waals surface area (Å²) in [6, 6.07) is 0. The van der Waals surface area contributed by atoms with E-state index in [1.165, 1.54) is 32.1 Å². The van der Waals surface area contributed by atoms with Gasteiger partial charge in [-0.1, -0.05) is 27.2 Å². The number of nitrogens with one attached hydrogen (secondary N) is 1. The first-order valence-corrected chi connectivity index (χ1v) is 7.81. The van der Waals surface area contributed by atoms with Crippen LogP contribution >= 0.6 is 0 Å². The standard InChI is InChI=1S/C16H34N2O/c1-13(19-5)11-18-16(12-17)9-6-7-14(8-10-16)15(2,3)4/h13-14,18H,6-12,17H2,1-5H3. The van der Waals surface area contributed by atoms with Gasteiger partial charge in [0.15, 0.2) is 0 Å². The Morgan fingerprint density at radius 3 is 2.53 bits per heavy atom. The Kier molecular flexibility index (Phi) is 6.28. The summed E-state index contributed by atoms with van der Waals surface area (Å²) in [5.41, 5.74) is 6.64. The number of hydrogen-bond donors (Lipinski definition) is 2. The molecule has 1 rings (SSSR count). The average Bonchev–Trinajstić information content (AvgIpc) is 2.58. The largest absolute Gasteiger partial charge is 0.380 e. The third-order valence-corrected chi connectivity index (χ3v) is 4.96. The average molecular weight is 270 g/mol. The van der Waals surface area contributed by atoms with Crippen LogP contribution < -0.4 is 11.1 Å². The third-order valence-electron chi connectivity index (χ3n) is 4.96. The zero-order valence-corrected chi connectivity index (χ0v) is 13.6. The fourth-order valence-corrected chi connectivity index (χ4v) is 3.17. The molecular weight excluding hydrogens is 236 g/mol. The smallest absolute Gasteiger partial charge is 0.0667 e.